The van der Waals surface area contributed by atoms with E-state index in [1.165, 1.54) is 12.1 Å². The molecule has 0 bridgehead atoms. The molecular weight excluding hydrogens is 411 g/mol. The van der Waals surface area contributed by atoms with Gasteiger partial charge in [-0.25, -0.2) is 9.38 Å². The fraction of sp³-hybridized carbons (Fsp3) is 0.550. The number of aryl methyl sites for hydroxylation is 1. The average molecular weight is 441 g/mol. The number of benzene rings is 1. The van der Waals surface area contributed by atoms with Crippen molar-refractivity contribution < 1.29 is 4.39 Å². The van der Waals surface area contributed by atoms with Crippen molar-refractivity contribution in [2.24, 2.45) is 12.0 Å². The summed E-state index contributed by atoms with van der Waals surface area (Å²) in [6, 6.07) is 4.53. The molecule has 1 aromatic heterocycles. The molecule has 0 aliphatic rings. The van der Waals surface area contributed by atoms with E-state index >= 15 is 0 Å². The number of thioether (sulfide) groups is 1. The van der Waals surface area contributed by atoms with Gasteiger partial charge in [0.25, 0.3) is 0 Å². The summed E-state index contributed by atoms with van der Waals surface area (Å²) in [5.74, 6) is 3.11. The Bertz CT molecular complexity index is 836. The molecule has 1 heterocycles. The number of aliphatic imine (C=N–C) groups is 1. The molecule has 0 atom stereocenters. The molecule has 160 valence electrons. The summed E-state index contributed by atoms with van der Waals surface area (Å²) in [7, 11) is 1.93. The van der Waals surface area contributed by atoms with Crippen molar-refractivity contribution in [3.8, 4) is 0 Å². The van der Waals surface area contributed by atoms with Gasteiger partial charge in [-0.05, 0) is 43.0 Å². The number of nitrogens with zero attached hydrogens (tertiary/aromatic N) is 4. The second-order valence-electron chi connectivity index (χ2n) is 7.52. The highest BCUT2D eigenvalue weighted by Crippen LogP contribution is 2.29. The van der Waals surface area contributed by atoms with Crippen molar-refractivity contribution in [1.29, 1.82) is 0 Å². The summed E-state index contributed by atoms with van der Waals surface area (Å²) >= 11 is 8.09. The first-order chi connectivity index (χ1) is 13.7. The van der Waals surface area contributed by atoms with E-state index in [9.17, 15) is 4.39 Å². The fourth-order valence-corrected chi connectivity index (χ4v) is 3.63. The Morgan fingerprint density at radius 2 is 2.07 bits per heavy atom. The number of halogens is 2. The average Bonchev–Trinajstić information content (AvgIpc) is 2.98. The van der Waals surface area contributed by atoms with E-state index in [1.54, 1.807) is 6.07 Å². The van der Waals surface area contributed by atoms with Crippen LogP contribution in [0.4, 0.5) is 4.39 Å². The molecule has 0 saturated heterocycles. The summed E-state index contributed by atoms with van der Waals surface area (Å²) in [6.45, 7) is 7.88. The predicted octanol–water partition coefficient (Wildman–Crippen LogP) is 3.68. The van der Waals surface area contributed by atoms with Crippen molar-refractivity contribution in [1.82, 2.24) is 25.4 Å². The van der Waals surface area contributed by atoms with Gasteiger partial charge in [0.05, 0.1) is 0 Å². The van der Waals surface area contributed by atoms with Gasteiger partial charge in [0.2, 0.25) is 0 Å². The van der Waals surface area contributed by atoms with Crippen molar-refractivity contribution in [2.75, 3.05) is 25.1 Å². The summed E-state index contributed by atoms with van der Waals surface area (Å²) in [5, 5.41) is 15.4. The second-order valence-corrected chi connectivity index (χ2v) is 8.91. The number of rotatable bonds is 9. The van der Waals surface area contributed by atoms with Crippen LogP contribution < -0.4 is 10.6 Å². The van der Waals surface area contributed by atoms with Crippen LogP contribution in [0.2, 0.25) is 5.02 Å². The molecule has 2 aromatic rings. The minimum Gasteiger partial charge on any atom is -0.356 e. The molecule has 6 nitrogen and oxygen atoms in total. The van der Waals surface area contributed by atoms with Gasteiger partial charge < -0.3 is 15.2 Å². The molecule has 2 N–H and O–H groups in total. The quantitative estimate of drug-likeness (QED) is 0.353. The Morgan fingerprint density at radius 3 is 2.69 bits per heavy atom. The molecule has 0 radical (unpaired) electrons. The smallest absolute Gasteiger partial charge is 0.191 e. The maximum absolute atomic E-state index is 13.4. The number of hydrogen-bond acceptors (Lipinski definition) is 4. The van der Waals surface area contributed by atoms with Gasteiger partial charge in [-0.1, -0.05) is 31.5 Å². The first-order valence-corrected chi connectivity index (χ1v) is 11.3. The molecule has 9 heteroatoms. The SMILES string of the molecule is CSCCCNC(=NCc1nnc(C)n1C)NCC(C)(C)c1ccc(F)cc1Cl. The van der Waals surface area contributed by atoms with Gasteiger partial charge in [0.15, 0.2) is 11.8 Å². The summed E-state index contributed by atoms with van der Waals surface area (Å²) in [6.07, 6.45) is 3.14. The Kier molecular flexibility index (Phi) is 8.77. The van der Waals surface area contributed by atoms with Gasteiger partial charge >= 0.3 is 0 Å². The van der Waals surface area contributed by atoms with Gasteiger partial charge in [0, 0.05) is 30.6 Å². The van der Waals surface area contributed by atoms with E-state index in [0.29, 0.717) is 24.1 Å². The van der Waals surface area contributed by atoms with Gasteiger partial charge in [-0.15, -0.1) is 10.2 Å². The largest absolute Gasteiger partial charge is 0.356 e. The molecule has 0 saturated carbocycles. The van der Waals surface area contributed by atoms with Crippen LogP contribution in [0.3, 0.4) is 0 Å². The first kappa shape index (κ1) is 23.5. The topological polar surface area (TPSA) is 67.1 Å². The van der Waals surface area contributed by atoms with Crippen molar-refractivity contribution in [3.63, 3.8) is 0 Å². The van der Waals surface area contributed by atoms with E-state index in [1.807, 2.05) is 30.3 Å². The lowest BCUT2D eigenvalue weighted by atomic mass is 9.84. The normalized spacial score (nSPS) is 12.3. The van der Waals surface area contributed by atoms with E-state index in [2.05, 4.69) is 45.9 Å². The highest BCUT2D eigenvalue weighted by molar-refractivity contribution is 7.98. The molecular formula is C20H30ClFN6S. The van der Waals surface area contributed by atoms with Crippen LogP contribution in [0.1, 0.15) is 37.5 Å². The summed E-state index contributed by atoms with van der Waals surface area (Å²) in [5.41, 5.74) is 0.576. The van der Waals surface area contributed by atoms with Crippen LogP contribution in [0, 0.1) is 12.7 Å². The molecule has 0 aliphatic heterocycles. The van der Waals surface area contributed by atoms with Crippen LogP contribution in [0.25, 0.3) is 0 Å². The first-order valence-electron chi connectivity index (χ1n) is 9.56. The lowest BCUT2D eigenvalue weighted by Gasteiger charge is -2.28. The number of hydrogen-bond donors (Lipinski definition) is 2. The maximum Gasteiger partial charge on any atom is 0.191 e. The molecule has 0 aliphatic carbocycles. The van der Waals surface area contributed by atoms with E-state index < -0.39 is 0 Å². The lowest BCUT2D eigenvalue weighted by Crippen LogP contribution is -2.44. The van der Waals surface area contributed by atoms with Crippen molar-refractivity contribution >= 4 is 29.3 Å². The Balaban J connectivity index is 2.09. The predicted molar refractivity (Wildman–Crippen MR) is 120 cm³/mol. The van der Waals surface area contributed by atoms with Gasteiger partial charge in [-0.3, -0.25) is 0 Å². The Labute approximate surface area is 181 Å². The summed E-state index contributed by atoms with van der Waals surface area (Å²) < 4.78 is 15.3. The highest BCUT2D eigenvalue weighted by atomic mass is 35.5. The zero-order valence-corrected chi connectivity index (χ0v) is 19.3. The standard InChI is InChI=1S/C20H30ClFN6S/c1-14-26-27-18(28(14)4)12-24-19(23-9-6-10-29-5)25-13-20(2,3)16-8-7-15(22)11-17(16)21/h7-8,11H,6,9-10,12-13H2,1-5H3,(H2,23,24,25). The van der Waals surface area contributed by atoms with Crippen LogP contribution in [-0.2, 0) is 19.0 Å². The summed E-state index contributed by atoms with van der Waals surface area (Å²) in [4.78, 5) is 4.67. The van der Waals surface area contributed by atoms with E-state index in [0.717, 1.165) is 35.9 Å². The number of guanidine groups is 1. The molecule has 29 heavy (non-hydrogen) atoms. The third-order valence-corrected chi connectivity index (χ3v) is 5.75. The van der Waals surface area contributed by atoms with Crippen molar-refractivity contribution in [2.45, 2.75) is 39.2 Å². The fourth-order valence-electron chi connectivity index (χ4n) is 2.77. The van der Waals surface area contributed by atoms with Crippen LogP contribution in [-0.4, -0.2) is 45.8 Å². The number of aromatic nitrogens is 3. The molecule has 0 fully saturated rings. The zero-order valence-electron chi connectivity index (χ0n) is 17.7. The van der Waals surface area contributed by atoms with E-state index in [4.69, 9.17) is 11.6 Å². The molecule has 1 aromatic carbocycles. The number of nitrogens with one attached hydrogen (secondary N) is 2. The van der Waals surface area contributed by atoms with Crippen LogP contribution in [0.15, 0.2) is 23.2 Å². The zero-order chi connectivity index (χ0) is 21.4. The van der Waals surface area contributed by atoms with Gasteiger partial charge in [0.1, 0.15) is 18.2 Å². The van der Waals surface area contributed by atoms with E-state index in [-0.39, 0.29) is 11.2 Å². The van der Waals surface area contributed by atoms with Crippen molar-refractivity contribution in [3.05, 3.63) is 46.3 Å². The molecule has 0 unspecified atom stereocenters. The van der Waals surface area contributed by atoms with Crippen LogP contribution >= 0.6 is 23.4 Å². The Morgan fingerprint density at radius 1 is 1.31 bits per heavy atom. The lowest BCUT2D eigenvalue weighted by molar-refractivity contribution is 0.506. The Hall–Kier alpha value is -1.80. The second kappa shape index (κ2) is 10.8. The monoisotopic (exact) mass is 440 g/mol. The van der Waals surface area contributed by atoms with Gasteiger partial charge in [-0.2, -0.15) is 11.8 Å². The third-order valence-electron chi connectivity index (χ3n) is 4.74. The maximum atomic E-state index is 13.4. The minimum absolute atomic E-state index is 0.312. The molecule has 0 amide bonds. The third kappa shape index (κ3) is 6.89. The molecule has 0 spiro atoms. The molecule has 2 rings (SSSR count). The van der Waals surface area contributed by atoms with Crippen LogP contribution in [0.5, 0.6) is 0 Å². The highest BCUT2D eigenvalue weighted by Gasteiger charge is 2.24. The minimum atomic E-state index is -0.334.